The maximum Gasteiger partial charge on any atom is 0.219 e. The molecule has 2 fully saturated rings. The van der Waals surface area contributed by atoms with Crippen LogP contribution in [0.15, 0.2) is 0 Å². The minimum absolute atomic E-state index is 0.145. The van der Waals surface area contributed by atoms with E-state index in [9.17, 15) is 10.1 Å². The van der Waals surface area contributed by atoms with Crippen molar-refractivity contribution in [3.8, 4) is 6.07 Å². The van der Waals surface area contributed by atoms with Crippen molar-refractivity contribution in [1.82, 2.24) is 14.7 Å². The van der Waals surface area contributed by atoms with Gasteiger partial charge in [0, 0.05) is 46.2 Å². The van der Waals surface area contributed by atoms with Gasteiger partial charge in [0.1, 0.15) is 5.54 Å². The lowest BCUT2D eigenvalue weighted by molar-refractivity contribution is -0.131. The molecule has 106 valence electrons. The first-order chi connectivity index (χ1) is 9.11. The standard InChI is InChI=1S/C14H24N4O/c1-3-16-6-4-14(12-15,5-7-16)18-10-8-17(9-11-18)13(2)19/h3-11H2,1-2H3. The molecular weight excluding hydrogens is 240 g/mol. The lowest BCUT2D eigenvalue weighted by Gasteiger charge is -2.47. The molecule has 5 heteroatoms. The third kappa shape index (κ3) is 2.90. The van der Waals surface area contributed by atoms with Crippen LogP contribution in [-0.2, 0) is 4.79 Å². The van der Waals surface area contributed by atoms with E-state index in [0.29, 0.717) is 0 Å². The minimum Gasteiger partial charge on any atom is -0.340 e. The second-order valence-electron chi connectivity index (χ2n) is 5.57. The zero-order valence-electron chi connectivity index (χ0n) is 12.1. The van der Waals surface area contributed by atoms with Crippen LogP contribution in [0.25, 0.3) is 0 Å². The summed E-state index contributed by atoms with van der Waals surface area (Å²) in [6.45, 7) is 10.1. The topological polar surface area (TPSA) is 50.6 Å². The molecule has 0 N–H and O–H groups in total. The molecule has 0 bridgehead atoms. The van der Waals surface area contributed by atoms with Crippen LogP contribution in [0.2, 0.25) is 0 Å². The van der Waals surface area contributed by atoms with Gasteiger partial charge in [-0.15, -0.1) is 0 Å². The van der Waals surface area contributed by atoms with Gasteiger partial charge in [-0.3, -0.25) is 9.69 Å². The maximum atomic E-state index is 11.3. The van der Waals surface area contributed by atoms with Crippen LogP contribution in [-0.4, -0.2) is 72.0 Å². The Hall–Kier alpha value is -1.12. The largest absolute Gasteiger partial charge is 0.340 e. The highest BCUT2D eigenvalue weighted by Gasteiger charge is 2.41. The van der Waals surface area contributed by atoms with Gasteiger partial charge in [0.2, 0.25) is 5.91 Å². The molecule has 2 aliphatic heterocycles. The van der Waals surface area contributed by atoms with Crippen LogP contribution in [0, 0.1) is 11.3 Å². The summed E-state index contributed by atoms with van der Waals surface area (Å²) in [6.07, 6.45) is 1.86. The van der Waals surface area contributed by atoms with Crippen molar-refractivity contribution in [3.63, 3.8) is 0 Å². The van der Waals surface area contributed by atoms with Crippen molar-refractivity contribution < 1.29 is 4.79 Å². The molecule has 2 saturated heterocycles. The molecule has 0 aliphatic carbocycles. The summed E-state index contributed by atoms with van der Waals surface area (Å²) in [6, 6.07) is 2.57. The fourth-order valence-corrected chi connectivity index (χ4v) is 3.19. The normalized spacial score (nSPS) is 25.0. The van der Waals surface area contributed by atoms with Crippen molar-refractivity contribution >= 4 is 5.91 Å². The van der Waals surface area contributed by atoms with Crippen LogP contribution in [0.4, 0.5) is 0 Å². The third-order valence-electron chi connectivity index (χ3n) is 4.67. The molecule has 2 aliphatic rings. The number of rotatable bonds is 2. The highest BCUT2D eigenvalue weighted by Crippen LogP contribution is 2.29. The smallest absolute Gasteiger partial charge is 0.219 e. The second-order valence-corrected chi connectivity index (χ2v) is 5.57. The Morgan fingerprint density at radius 1 is 1.16 bits per heavy atom. The molecule has 2 heterocycles. The summed E-state index contributed by atoms with van der Waals surface area (Å²) in [4.78, 5) is 17.9. The van der Waals surface area contributed by atoms with E-state index in [1.807, 2.05) is 4.90 Å². The summed E-state index contributed by atoms with van der Waals surface area (Å²) in [5, 5.41) is 9.64. The molecule has 0 atom stereocenters. The molecule has 0 aromatic carbocycles. The van der Waals surface area contributed by atoms with Crippen molar-refractivity contribution in [2.45, 2.75) is 32.2 Å². The number of piperidine rings is 1. The number of piperazine rings is 1. The van der Waals surface area contributed by atoms with Gasteiger partial charge < -0.3 is 9.80 Å². The van der Waals surface area contributed by atoms with Gasteiger partial charge in [-0.2, -0.15) is 5.26 Å². The van der Waals surface area contributed by atoms with Gasteiger partial charge in [0.15, 0.2) is 0 Å². The van der Waals surface area contributed by atoms with E-state index < -0.39 is 0 Å². The van der Waals surface area contributed by atoms with Gasteiger partial charge in [0.25, 0.3) is 0 Å². The van der Waals surface area contributed by atoms with Crippen LogP contribution in [0.3, 0.4) is 0 Å². The van der Waals surface area contributed by atoms with Gasteiger partial charge in [-0.1, -0.05) is 6.92 Å². The molecule has 1 amide bonds. The lowest BCUT2D eigenvalue weighted by Crippen LogP contribution is -2.60. The number of nitriles is 1. The summed E-state index contributed by atoms with van der Waals surface area (Å²) in [7, 11) is 0. The molecule has 19 heavy (non-hydrogen) atoms. The van der Waals surface area contributed by atoms with Crippen molar-refractivity contribution in [3.05, 3.63) is 0 Å². The Labute approximate surface area is 115 Å². The van der Waals surface area contributed by atoms with Gasteiger partial charge in [-0.25, -0.2) is 0 Å². The molecule has 0 aromatic heterocycles. The molecule has 0 aromatic rings. The minimum atomic E-state index is -0.297. The van der Waals surface area contributed by atoms with E-state index in [0.717, 1.165) is 58.7 Å². The quantitative estimate of drug-likeness (QED) is 0.730. The monoisotopic (exact) mass is 264 g/mol. The first-order valence-electron chi connectivity index (χ1n) is 7.25. The Balaban J connectivity index is 1.97. The lowest BCUT2D eigenvalue weighted by atomic mass is 9.86. The van der Waals surface area contributed by atoms with Crippen LogP contribution in [0.5, 0.6) is 0 Å². The predicted octanol–water partition coefficient (Wildman–Crippen LogP) is 0.529. The average molecular weight is 264 g/mol. The Morgan fingerprint density at radius 3 is 2.16 bits per heavy atom. The van der Waals surface area contributed by atoms with Crippen molar-refractivity contribution in [2.75, 3.05) is 45.8 Å². The summed E-state index contributed by atoms with van der Waals surface area (Å²) < 4.78 is 0. The number of nitrogens with zero attached hydrogens (tertiary/aromatic N) is 4. The summed E-state index contributed by atoms with van der Waals surface area (Å²) in [5.74, 6) is 0.145. The highest BCUT2D eigenvalue weighted by atomic mass is 16.2. The zero-order valence-corrected chi connectivity index (χ0v) is 12.1. The molecule has 0 radical (unpaired) electrons. The fourth-order valence-electron chi connectivity index (χ4n) is 3.19. The molecular formula is C14H24N4O. The third-order valence-corrected chi connectivity index (χ3v) is 4.67. The highest BCUT2D eigenvalue weighted by molar-refractivity contribution is 5.73. The molecule has 5 nitrogen and oxygen atoms in total. The number of likely N-dealkylation sites (tertiary alicyclic amines) is 1. The maximum absolute atomic E-state index is 11.3. The second kappa shape index (κ2) is 5.89. The van der Waals surface area contributed by atoms with Crippen LogP contribution >= 0.6 is 0 Å². The number of carbonyl (C=O) groups excluding carboxylic acids is 1. The molecule has 2 rings (SSSR count). The first kappa shape index (κ1) is 14.3. The SMILES string of the molecule is CCN1CCC(C#N)(N2CCN(C(C)=O)CC2)CC1. The van der Waals surface area contributed by atoms with Crippen molar-refractivity contribution in [1.29, 1.82) is 5.26 Å². The van der Waals surface area contributed by atoms with Crippen LogP contribution in [0.1, 0.15) is 26.7 Å². The fraction of sp³-hybridized carbons (Fsp3) is 0.857. The van der Waals surface area contributed by atoms with E-state index in [4.69, 9.17) is 0 Å². The van der Waals surface area contributed by atoms with Crippen molar-refractivity contribution in [2.24, 2.45) is 0 Å². The van der Waals surface area contributed by atoms with Gasteiger partial charge in [0.05, 0.1) is 6.07 Å². The van der Waals surface area contributed by atoms with E-state index in [1.165, 1.54) is 0 Å². The molecule has 0 unspecified atom stereocenters. The molecule has 0 spiro atoms. The number of carbonyl (C=O) groups is 1. The predicted molar refractivity (Wildman–Crippen MR) is 73.5 cm³/mol. The first-order valence-corrected chi connectivity index (χ1v) is 7.25. The Bertz CT molecular complexity index is 360. The van der Waals surface area contributed by atoms with Gasteiger partial charge >= 0.3 is 0 Å². The van der Waals surface area contributed by atoms with E-state index >= 15 is 0 Å². The Morgan fingerprint density at radius 2 is 1.74 bits per heavy atom. The zero-order chi connectivity index (χ0) is 13.9. The number of hydrogen-bond donors (Lipinski definition) is 0. The summed E-state index contributed by atoms with van der Waals surface area (Å²) in [5.41, 5.74) is -0.297. The van der Waals surface area contributed by atoms with Gasteiger partial charge in [-0.05, 0) is 19.4 Å². The van der Waals surface area contributed by atoms with E-state index in [1.54, 1.807) is 6.92 Å². The number of amides is 1. The van der Waals surface area contributed by atoms with Crippen LogP contribution < -0.4 is 0 Å². The van der Waals surface area contributed by atoms with E-state index in [2.05, 4.69) is 22.8 Å². The molecule has 0 saturated carbocycles. The Kier molecular flexibility index (Phi) is 4.43. The average Bonchev–Trinajstić information content (AvgIpc) is 2.47. The number of hydrogen-bond acceptors (Lipinski definition) is 4. The summed E-state index contributed by atoms with van der Waals surface area (Å²) >= 11 is 0. The van der Waals surface area contributed by atoms with E-state index in [-0.39, 0.29) is 11.4 Å².